The molecule has 0 unspecified atom stereocenters. The van der Waals surface area contributed by atoms with Crippen molar-refractivity contribution < 1.29 is 14.3 Å². The number of aromatic nitrogens is 3. The molecule has 0 N–H and O–H groups in total. The Morgan fingerprint density at radius 3 is 2.96 bits per heavy atom. The van der Waals surface area contributed by atoms with Gasteiger partial charge in [0.1, 0.15) is 18.1 Å². The smallest absolute Gasteiger partial charge is 0.154 e. The summed E-state index contributed by atoms with van der Waals surface area (Å²) in [5.74, 6) is 1.34. The minimum absolute atomic E-state index is 0.226. The van der Waals surface area contributed by atoms with Crippen molar-refractivity contribution in [1.29, 1.82) is 0 Å². The highest BCUT2D eigenvalue weighted by Crippen LogP contribution is 2.34. The molecule has 0 amide bonds. The summed E-state index contributed by atoms with van der Waals surface area (Å²) in [7, 11) is 0. The van der Waals surface area contributed by atoms with Crippen LogP contribution in [0.1, 0.15) is 41.4 Å². The van der Waals surface area contributed by atoms with Crippen LogP contribution < -0.4 is 9.47 Å². The predicted octanol–water partition coefficient (Wildman–Crippen LogP) is 3.85. The third kappa shape index (κ3) is 3.18. The summed E-state index contributed by atoms with van der Waals surface area (Å²) < 4.78 is 13.5. The quantitative estimate of drug-likeness (QED) is 0.622. The number of fused-ring (bicyclic) bond motifs is 1. The zero-order valence-electron chi connectivity index (χ0n) is 15.4. The van der Waals surface area contributed by atoms with Crippen LogP contribution in [0.2, 0.25) is 0 Å². The van der Waals surface area contributed by atoms with Crippen LogP contribution in [0, 0.1) is 0 Å². The van der Waals surface area contributed by atoms with Gasteiger partial charge in [-0.2, -0.15) is 5.10 Å². The highest BCUT2D eigenvalue weighted by atomic mass is 16.5. The van der Waals surface area contributed by atoms with E-state index in [0.29, 0.717) is 24.5 Å². The molecule has 1 aromatic carbocycles. The Hall–Kier alpha value is -3.15. The molecule has 1 aliphatic rings. The van der Waals surface area contributed by atoms with Gasteiger partial charge in [-0.1, -0.05) is 6.07 Å². The van der Waals surface area contributed by atoms with Crippen molar-refractivity contribution in [3.63, 3.8) is 0 Å². The third-order valence-electron chi connectivity index (χ3n) is 4.68. The molecule has 0 bridgehead atoms. The molecule has 0 radical (unpaired) electrons. The van der Waals surface area contributed by atoms with E-state index in [0.717, 1.165) is 41.0 Å². The van der Waals surface area contributed by atoms with Gasteiger partial charge in [0.25, 0.3) is 0 Å². The molecule has 1 aliphatic heterocycles. The van der Waals surface area contributed by atoms with Crippen molar-refractivity contribution in [3.05, 3.63) is 59.4 Å². The monoisotopic (exact) mass is 363 g/mol. The summed E-state index contributed by atoms with van der Waals surface area (Å²) in [5.41, 5.74) is 4.21. The highest BCUT2D eigenvalue weighted by molar-refractivity contribution is 5.83. The van der Waals surface area contributed by atoms with E-state index < -0.39 is 0 Å². The summed E-state index contributed by atoms with van der Waals surface area (Å²) in [4.78, 5) is 16.2. The molecule has 27 heavy (non-hydrogen) atoms. The number of benzene rings is 1. The lowest BCUT2D eigenvalue weighted by molar-refractivity contribution is 0.111. The Kier molecular flexibility index (Phi) is 4.62. The lowest BCUT2D eigenvalue weighted by Crippen LogP contribution is -2.08. The summed E-state index contributed by atoms with van der Waals surface area (Å²) in [5, 5.41) is 4.39. The SMILES string of the molecule is CC(C)n1nccc1-c1ncccc1COc1ccc2c(c1C=O)CCO2. The second-order valence-electron chi connectivity index (χ2n) is 6.72. The minimum Gasteiger partial charge on any atom is -0.493 e. The van der Waals surface area contributed by atoms with Crippen LogP contribution >= 0.6 is 0 Å². The first-order valence-electron chi connectivity index (χ1n) is 9.03. The number of aldehydes is 1. The van der Waals surface area contributed by atoms with Gasteiger partial charge in [0.2, 0.25) is 0 Å². The van der Waals surface area contributed by atoms with Crippen molar-refractivity contribution in [2.75, 3.05) is 6.61 Å². The van der Waals surface area contributed by atoms with Crippen LogP contribution in [0.15, 0.2) is 42.7 Å². The number of nitrogens with zero attached hydrogens (tertiary/aromatic N) is 3. The summed E-state index contributed by atoms with van der Waals surface area (Å²) in [6.45, 7) is 5.08. The Morgan fingerprint density at radius 1 is 1.26 bits per heavy atom. The van der Waals surface area contributed by atoms with E-state index in [1.54, 1.807) is 18.5 Å². The van der Waals surface area contributed by atoms with E-state index in [4.69, 9.17) is 9.47 Å². The highest BCUT2D eigenvalue weighted by Gasteiger charge is 2.20. The van der Waals surface area contributed by atoms with E-state index in [1.165, 1.54) is 0 Å². The van der Waals surface area contributed by atoms with Crippen molar-refractivity contribution in [3.8, 4) is 22.9 Å². The van der Waals surface area contributed by atoms with Crippen LogP contribution in [0.3, 0.4) is 0 Å². The molecule has 0 saturated heterocycles. The maximum Gasteiger partial charge on any atom is 0.154 e. The van der Waals surface area contributed by atoms with Crippen molar-refractivity contribution >= 4 is 6.29 Å². The van der Waals surface area contributed by atoms with Gasteiger partial charge < -0.3 is 9.47 Å². The lowest BCUT2D eigenvalue weighted by atomic mass is 10.1. The van der Waals surface area contributed by atoms with Gasteiger partial charge in [0.05, 0.1) is 23.6 Å². The van der Waals surface area contributed by atoms with Gasteiger partial charge in [-0.3, -0.25) is 14.5 Å². The zero-order valence-corrected chi connectivity index (χ0v) is 15.4. The number of rotatable bonds is 6. The molecular weight excluding hydrogens is 342 g/mol. The Labute approximate surface area is 157 Å². The van der Waals surface area contributed by atoms with Crippen LogP contribution in [0.25, 0.3) is 11.4 Å². The Morgan fingerprint density at radius 2 is 2.15 bits per heavy atom. The molecule has 138 valence electrons. The third-order valence-corrected chi connectivity index (χ3v) is 4.68. The average molecular weight is 363 g/mol. The first-order chi connectivity index (χ1) is 13.2. The molecule has 0 fully saturated rings. The molecule has 6 heteroatoms. The topological polar surface area (TPSA) is 66.2 Å². The average Bonchev–Trinajstić information content (AvgIpc) is 3.35. The normalized spacial score (nSPS) is 12.7. The molecule has 0 spiro atoms. The van der Waals surface area contributed by atoms with Crippen molar-refractivity contribution in [1.82, 2.24) is 14.8 Å². The fourth-order valence-electron chi connectivity index (χ4n) is 3.39. The fraction of sp³-hybridized carbons (Fsp3) is 0.286. The molecule has 2 aromatic heterocycles. The largest absolute Gasteiger partial charge is 0.493 e. The Bertz CT molecular complexity index is 979. The van der Waals surface area contributed by atoms with E-state index in [1.807, 2.05) is 28.9 Å². The predicted molar refractivity (Wildman–Crippen MR) is 101 cm³/mol. The standard InChI is InChI=1S/C21H21N3O3/c1-14(2)24-18(7-10-23-24)21-15(4-3-9-22-21)13-27-20-6-5-19-16(8-11-26-19)17(20)12-25/h3-7,9-10,12,14H,8,11,13H2,1-2H3. The molecular formula is C21H21N3O3. The molecule has 3 heterocycles. The van der Waals surface area contributed by atoms with Crippen molar-refractivity contribution in [2.24, 2.45) is 0 Å². The van der Waals surface area contributed by atoms with Gasteiger partial charge in [0, 0.05) is 36.0 Å². The van der Waals surface area contributed by atoms with Gasteiger partial charge in [-0.05, 0) is 38.1 Å². The van der Waals surface area contributed by atoms with Crippen LogP contribution in [-0.2, 0) is 13.0 Å². The van der Waals surface area contributed by atoms with Gasteiger partial charge >= 0.3 is 0 Å². The number of hydrogen-bond acceptors (Lipinski definition) is 5. The molecule has 3 aromatic rings. The number of ether oxygens (including phenoxy) is 2. The molecule has 0 aliphatic carbocycles. The first kappa shape index (κ1) is 17.3. The number of pyridine rings is 1. The van der Waals surface area contributed by atoms with Crippen LogP contribution in [0.4, 0.5) is 0 Å². The van der Waals surface area contributed by atoms with Gasteiger partial charge in [-0.15, -0.1) is 0 Å². The van der Waals surface area contributed by atoms with Gasteiger partial charge in [0.15, 0.2) is 6.29 Å². The maximum absolute atomic E-state index is 11.6. The minimum atomic E-state index is 0.226. The second-order valence-corrected chi connectivity index (χ2v) is 6.72. The molecule has 4 rings (SSSR count). The summed E-state index contributed by atoms with van der Waals surface area (Å²) in [6.07, 6.45) is 5.12. The number of carbonyl (C=O) groups excluding carboxylic acids is 1. The van der Waals surface area contributed by atoms with E-state index >= 15 is 0 Å². The fourth-order valence-corrected chi connectivity index (χ4v) is 3.39. The van der Waals surface area contributed by atoms with E-state index in [2.05, 4.69) is 23.9 Å². The maximum atomic E-state index is 11.6. The lowest BCUT2D eigenvalue weighted by Gasteiger charge is -2.15. The van der Waals surface area contributed by atoms with Crippen LogP contribution in [0.5, 0.6) is 11.5 Å². The van der Waals surface area contributed by atoms with E-state index in [-0.39, 0.29) is 6.04 Å². The number of carbonyl (C=O) groups is 1. The van der Waals surface area contributed by atoms with Crippen molar-refractivity contribution in [2.45, 2.75) is 32.9 Å². The Balaban J connectivity index is 1.64. The molecule has 6 nitrogen and oxygen atoms in total. The van der Waals surface area contributed by atoms with Gasteiger partial charge in [-0.25, -0.2) is 0 Å². The summed E-state index contributed by atoms with van der Waals surface area (Å²) >= 11 is 0. The second kappa shape index (κ2) is 7.23. The number of hydrogen-bond donors (Lipinski definition) is 0. The molecule has 0 saturated carbocycles. The van der Waals surface area contributed by atoms with Crippen LogP contribution in [-0.4, -0.2) is 27.7 Å². The molecule has 0 atom stereocenters. The van der Waals surface area contributed by atoms with E-state index in [9.17, 15) is 4.79 Å². The first-order valence-corrected chi connectivity index (χ1v) is 9.03. The summed E-state index contributed by atoms with van der Waals surface area (Å²) in [6, 6.07) is 9.71. The zero-order chi connectivity index (χ0) is 18.8.